The minimum absolute atomic E-state index is 0.0756. The molecule has 0 heterocycles. The minimum Gasteiger partial charge on any atom is -0.468 e. The van der Waals surface area contributed by atoms with E-state index in [9.17, 15) is 4.79 Å². The molecule has 18 heavy (non-hydrogen) atoms. The number of ether oxygens (including phenoxy) is 1. The maximum atomic E-state index is 12.2. The smallest absolute Gasteiger partial charge is 0.326 e. The fourth-order valence-corrected chi connectivity index (χ4v) is 3.26. The lowest BCUT2D eigenvalue weighted by molar-refractivity contribution is -0.149. The summed E-state index contributed by atoms with van der Waals surface area (Å²) in [6.07, 6.45) is 7.89. The Kier molecular flexibility index (Phi) is 6.13. The second-order valence-corrected chi connectivity index (χ2v) is 5.96. The molecular formula is C15H29NO2. The Morgan fingerprint density at radius 2 is 2.11 bits per heavy atom. The van der Waals surface area contributed by atoms with E-state index in [0.717, 1.165) is 31.6 Å². The standard InChI is InChI=1S/C15H29NO2/c1-5-7-13-8-6-10-15(11-9-13,14(17)18-4)16-12(2)3/h12-13,16H,5-11H2,1-4H3. The van der Waals surface area contributed by atoms with Crippen molar-refractivity contribution in [2.75, 3.05) is 7.11 Å². The number of hydrogen-bond acceptors (Lipinski definition) is 3. The molecule has 0 saturated heterocycles. The van der Waals surface area contributed by atoms with Crippen LogP contribution in [-0.4, -0.2) is 24.7 Å². The van der Waals surface area contributed by atoms with Gasteiger partial charge in [-0.05, 0) is 39.0 Å². The predicted octanol–water partition coefficient (Wildman–Crippen LogP) is 3.28. The molecule has 0 radical (unpaired) electrons. The highest BCUT2D eigenvalue weighted by molar-refractivity contribution is 5.80. The van der Waals surface area contributed by atoms with Gasteiger partial charge in [0.15, 0.2) is 0 Å². The summed E-state index contributed by atoms with van der Waals surface area (Å²) in [4.78, 5) is 12.2. The van der Waals surface area contributed by atoms with E-state index >= 15 is 0 Å². The van der Waals surface area contributed by atoms with Crippen LogP contribution in [0.15, 0.2) is 0 Å². The highest BCUT2D eigenvalue weighted by atomic mass is 16.5. The van der Waals surface area contributed by atoms with E-state index in [0.29, 0.717) is 6.04 Å². The molecule has 2 atom stereocenters. The normalized spacial score (nSPS) is 29.1. The molecular weight excluding hydrogens is 226 g/mol. The second-order valence-electron chi connectivity index (χ2n) is 5.96. The molecule has 1 rings (SSSR count). The van der Waals surface area contributed by atoms with Crippen LogP contribution < -0.4 is 5.32 Å². The Morgan fingerprint density at radius 1 is 1.39 bits per heavy atom. The van der Waals surface area contributed by atoms with Gasteiger partial charge in [-0.15, -0.1) is 0 Å². The van der Waals surface area contributed by atoms with E-state index in [2.05, 4.69) is 26.1 Å². The molecule has 2 unspecified atom stereocenters. The topological polar surface area (TPSA) is 38.3 Å². The van der Waals surface area contributed by atoms with Crippen molar-refractivity contribution < 1.29 is 9.53 Å². The van der Waals surface area contributed by atoms with E-state index in [4.69, 9.17) is 4.74 Å². The summed E-state index contributed by atoms with van der Waals surface area (Å²) in [7, 11) is 1.50. The first-order valence-corrected chi connectivity index (χ1v) is 7.40. The molecule has 1 aliphatic rings. The van der Waals surface area contributed by atoms with Gasteiger partial charge >= 0.3 is 5.97 Å². The molecule has 0 spiro atoms. The van der Waals surface area contributed by atoms with Crippen LogP contribution in [0.1, 0.15) is 65.7 Å². The summed E-state index contributed by atoms with van der Waals surface area (Å²) in [5.74, 6) is 0.712. The molecule has 3 heteroatoms. The van der Waals surface area contributed by atoms with Gasteiger partial charge in [-0.25, -0.2) is 0 Å². The average Bonchev–Trinajstić information content (AvgIpc) is 2.52. The zero-order valence-corrected chi connectivity index (χ0v) is 12.4. The van der Waals surface area contributed by atoms with Crippen LogP contribution in [0.25, 0.3) is 0 Å². The lowest BCUT2D eigenvalue weighted by Crippen LogP contribution is -2.55. The fourth-order valence-electron chi connectivity index (χ4n) is 3.26. The van der Waals surface area contributed by atoms with Crippen LogP contribution in [0.2, 0.25) is 0 Å². The minimum atomic E-state index is -0.439. The van der Waals surface area contributed by atoms with Crippen molar-refractivity contribution in [2.24, 2.45) is 5.92 Å². The monoisotopic (exact) mass is 255 g/mol. The summed E-state index contributed by atoms with van der Waals surface area (Å²) in [5, 5.41) is 3.47. The molecule has 1 N–H and O–H groups in total. The van der Waals surface area contributed by atoms with Crippen molar-refractivity contribution >= 4 is 5.97 Å². The van der Waals surface area contributed by atoms with Crippen molar-refractivity contribution in [3.05, 3.63) is 0 Å². The van der Waals surface area contributed by atoms with Gasteiger partial charge in [0.25, 0.3) is 0 Å². The Balaban J connectivity index is 2.75. The number of rotatable bonds is 5. The van der Waals surface area contributed by atoms with Gasteiger partial charge in [0, 0.05) is 6.04 Å². The largest absolute Gasteiger partial charge is 0.468 e. The lowest BCUT2D eigenvalue weighted by atomic mass is 9.88. The zero-order chi connectivity index (χ0) is 13.6. The highest BCUT2D eigenvalue weighted by Crippen LogP contribution is 2.33. The molecule has 0 aromatic rings. The summed E-state index contributed by atoms with van der Waals surface area (Å²) < 4.78 is 5.04. The highest BCUT2D eigenvalue weighted by Gasteiger charge is 2.41. The Bertz CT molecular complexity index is 265. The number of methoxy groups -OCH3 is 1. The fraction of sp³-hybridized carbons (Fsp3) is 0.933. The van der Waals surface area contributed by atoms with Crippen molar-refractivity contribution in [3.63, 3.8) is 0 Å². The molecule has 0 aliphatic heterocycles. The number of carbonyl (C=O) groups excluding carboxylic acids is 1. The number of nitrogens with one attached hydrogen (secondary N) is 1. The summed E-state index contributed by atoms with van der Waals surface area (Å²) >= 11 is 0. The van der Waals surface area contributed by atoms with Gasteiger partial charge in [-0.3, -0.25) is 10.1 Å². The zero-order valence-electron chi connectivity index (χ0n) is 12.4. The first-order chi connectivity index (χ1) is 8.54. The number of carbonyl (C=O) groups is 1. The van der Waals surface area contributed by atoms with Crippen molar-refractivity contribution in [1.82, 2.24) is 5.32 Å². The van der Waals surface area contributed by atoms with Gasteiger partial charge in [0.1, 0.15) is 5.54 Å². The van der Waals surface area contributed by atoms with Crippen molar-refractivity contribution in [1.29, 1.82) is 0 Å². The maximum Gasteiger partial charge on any atom is 0.326 e. The van der Waals surface area contributed by atoms with Crippen LogP contribution in [0, 0.1) is 5.92 Å². The van der Waals surface area contributed by atoms with Crippen LogP contribution in [-0.2, 0) is 9.53 Å². The van der Waals surface area contributed by atoms with E-state index in [1.165, 1.54) is 26.4 Å². The maximum absolute atomic E-state index is 12.2. The summed E-state index contributed by atoms with van der Waals surface area (Å²) in [5.41, 5.74) is -0.439. The van der Waals surface area contributed by atoms with Gasteiger partial charge < -0.3 is 4.74 Å². The summed E-state index contributed by atoms with van der Waals surface area (Å²) in [6, 6.07) is 0.312. The van der Waals surface area contributed by atoms with Crippen molar-refractivity contribution in [3.8, 4) is 0 Å². The van der Waals surface area contributed by atoms with Gasteiger partial charge in [0.05, 0.1) is 7.11 Å². The van der Waals surface area contributed by atoms with E-state index < -0.39 is 5.54 Å². The van der Waals surface area contributed by atoms with Gasteiger partial charge in [-0.2, -0.15) is 0 Å². The molecule has 1 saturated carbocycles. The molecule has 0 amide bonds. The Labute approximate surface area is 112 Å². The lowest BCUT2D eigenvalue weighted by Gasteiger charge is -2.33. The molecule has 0 bridgehead atoms. The number of esters is 1. The molecule has 1 fully saturated rings. The van der Waals surface area contributed by atoms with Gasteiger partial charge in [-0.1, -0.05) is 32.6 Å². The Morgan fingerprint density at radius 3 is 2.67 bits per heavy atom. The van der Waals surface area contributed by atoms with Crippen LogP contribution in [0.4, 0.5) is 0 Å². The SMILES string of the molecule is CCCC1CCCC(NC(C)C)(C(=O)OC)CC1. The third kappa shape index (κ3) is 3.98. The van der Waals surface area contributed by atoms with E-state index in [-0.39, 0.29) is 5.97 Å². The third-order valence-corrected chi connectivity index (χ3v) is 4.03. The van der Waals surface area contributed by atoms with E-state index in [1.807, 2.05) is 0 Å². The second kappa shape index (κ2) is 7.13. The number of hydrogen-bond donors (Lipinski definition) is 1. The third-order valence-electron chi connectivity index (χ3n) is 4.03. The average molecular weight is 255 g/mol. The quantitative estimate of drug-likeness (QED) is 0.605. The van der Waals surface area contributed by atoms with Crippen LogP contribution in [0.3, 0.4) is 0 Å². The first kappa shape index (κ1) is 15.5. The molecule has 1 aliphatic carbocycles. The predicted molar refractivity (Wildman–Crippen MR) is 74.5 cm³/mol. The first-order valence-electron chi connectivity index (χ1n) is 7.40. The summed E-state index contributed by atoms with van der Waals surface area (Å²) in [6.45, 7) is 6.43. The molecule has 0 aromatic heterocycles. The molecule has 106 valence electrons. The van der Waals surface area contributed by atoms with E-state index in [1.54, 1.807) is 0 Å². The van der Waals surface area contributed by atoms with Crippen LogP contribution in [0.5, 0.6) is 0 Å². The van der Waals surface area contributed by atoms with Gasteiger partial charge in [0.2, 0.25) is 0 Å². The van der Waals surface area contributed by atoms with Crippen molar-refractivity contribution in [2.45, 2.75) is 77.3 Å². The Hall–Kier alpha value is -0.570. The molecule has 3 nitrogen and oxygen atoms in total. The van der Waals surface area contributed by atoms with Crippen LogP contribution >= 0.6 is 0 Å². The molecule has 0 aromatic carbocycles.